The topological polar surface area (TPSA) is 67.8 Å². The van der Waals surface area contributed by atoms with Crippen molar-refractivity contribution in [1.82, 2.24) is 5.32 Å². The van der Waals surface area contributed by atoms with Crippen LogP contribution in [0, 0.1) is 0 Å². The summed E-state index contributed by atoms with van der Waals surface area (Å²) in [5.74, 6) is -0.757. The van der Waals surface area contributed by atoms with Gasteiger partial charge in [-0.25, -0.2) is 0 Å². The van der Waals surface area contributed by atoms with Gasteiger partial charge in [0.2, 0.25) is 0 Å². The van der Waals surface area contributed by atoms with Crippen LogP contribution in [-0.4, -0.2) is 46.7 Å². The average molecular weight is 277 g/mol. The van der Waals surface area contributed by atoms with Crippen molar-refractivity contribution < 1.29 is 18.8 Å². The number of rotatable bonds is 13. The van der Waals surface area contributed by atoms with Gasteiger partial charge in [0.1, 0.15) is 0 Å². The summed E-state index contributed by atoms with van der Waals surface area (Å²) in [7, 11) is -1.50. The minimum absolute atomic E-state index is 0.180. The molecule has 0 fully saturated rings. The Labute approximate surface area is 112 Å². The second-order valence-electron chi connectivity index (χ2n) is 4.21. The quantitative estimate of drug-likeness (QED) is 0.394. The predicted octanol–water partition coefficient (Wildman–Crippen LogP) is 1.51. The van der Waals surface area contributed by atoms with Gasteiger partial charge in [0, 0.05) is 19.8 Å². The SMILES string of the molecule is CCCO[SiH](CCCNCCC(=O)O)OCCC. The lowest BCUT2D eigenvalue weighted by atomic mass is 10.4. The number of hydrogen-bond acceptors (Lipinski definition) is 4. The minimum atomic E-state index is -1.50. The van der Waals surface area contributed by atoms with Crippen molar-refractivity contribution in [2.45, 2.75) is 45.6 Å². The molecule has 0 saturated carbocycles. The molecule has 0 aliphatic carbocycles. The highest BCUT2D eigenvalue weighted by atomic mass is 28.3. The normalized spacial score (nSPS) is 11.1. The Morgan fingerprint density at radius 2 is 1.78 bits per heavy atom. The number of nitrogens with one attached hydrogen (secondary N) is 1. The van der Waals surface area contributed by atoms with E-state index < -0.39 is 15.3 Å². The highest BCUT2D eigenvalue weighted by Crippen LogP contribution is 2.02. The number of carboxylic acids is 1. The first-order valence-electron chi connectivity index (χ1n) is 6.86. The maximum absolute atomic E-state index is 10.3. The van der Waals surface area contributed by atoms with Crippen LogP contribution in [0.25, 0.3) is 0 Å². The third-order valence-corrected chi connectivity index (χ3v) is 4.42. The van der Waals surface area contributed by atoms with E-state index in [1.54, 1.807) is 0 Å². The fraction of sp³-hybridized carbons (Fsp3) is 0.917. The number of carbonyl (C=O) groups is 1. The molecule has 0 heterocycles. The fourth-order valence-electron chi connectivity index (χ4n) is 1.43. The molecule has 0 rings (SSSR count). The summed E-state index contributed by atoms with van der Waals surface area (Å²) in [6.07, 6.45) is 3.22. The molecule has 0 aromatic heterocycles. The van der Waals surface area contributed by atoms with Gasteiger partial charge < -0.3 is 19.3 Å². The molecule has 5 nitrogen and oxygen atoms in total. The lowest BCUT2D eigenvalue weighted by Crippen LogP contribution is -2.26. The third-order valence-electron chi connectivity index (χ3n) is 2.32. The molecular weight excluding hydrogens is 250 g/mol. The number of aliphatic carboxylic acids is 1. The van der Waals surface area contributed by atoms with Crippen molar-refractivity contribution in [2.24, 2.45) is 0 Å². The largest absolute Gasteiger partial charge is 0.481 e. The summed E-state index contributed by atoms with van der Waals surface area (Å²) in [6, 6.07) is 0.986. The molecule has 0 atom stereocenters. The minimum Gasteiger partial charge on any atom is -0.481 e. The second-order valence-corrected chi connectivity index (χ2v) is 6.31. The van der Waals surface area contributed by atoms with Gasteiger partial charge in [-0.1, -0.05) is 13.8 Å². The standard InChI is InChI=1S/C12H27NO4Si/c1-3-9-16-18(17-10-4-2)11-5-7-13-8-6-12(14)15/h13,18H,3-11H2,1-2H3,(H,14,15). The van der Waals surface area contributed by atoms with Crippen molar-refractivity contribution >= 4 is 15.3 Å². The Hall–Kier alpha value is -0.433. The number of hydrogen-bond donors (Lipinski definition) is 2. The Balaban J connectivity index is 3.51. The van der Waals surface area contributed by atoms with E-state index >= 15 is 0 Å². The van der Waals surface area contributed by atoms with E-state index in [2.05, 4.69) is 19.2 Å². The molecule has 0 radical (unpaired) electrons. The molecule has 0 aromatic rings. The first-order chi connectivity index (χ1) is 8.70. The van der Waals surface area contributed by atoms with Crippen LogP contribution in [0.2, 0.25) is 6.04 Å². The van der Waals surface area contributed by atoms with Gasteiger partial charge in [0.05, 0.1) is 6.42 Å². The van der Waals surface area contributed by atoms with Gasteiger partial charge in [-0.3, -0.25) is 4.79 Å². The summed E-state index contributed by atoms with van der Waals surface area (Å²) in [5, 5.41) is 11.6. The molecule has 0 bridgehead atoms. The molecule has 0 amide bonds. The van der Waals surface area contributed by atoms with E-state index in [-0.39, 0.29) is 6.42 Å². The fourth-order valence-corrected chi connectivity index (χ4v) is 3.39. The van der Waals surface area contributed by atoms with E-state index in [9.17, 15) is 4.79 Å². The Morgan fingerprint density at radius 1 is 1.17 bits per heavy atom. The van der Waals surface area contributed by atoms with Crippen molar-refractivity contribution in [1.29, 1.82) is 0 Å². The lowest BCUT2D eigenvalue weighted by molar-refractivity contribution is -0.136. The third kappa shape index (κ3) is 12.0. The smallest absolute Gasteiger partial charge is 0.321 e. The Kier molecular flexibility index (Phi) is 12.7. The molecule has 6 heteroatoms. The van der Waals surface area contributed by atoms with E-state index in [1.165, 1.54) is 0 Å². The summed E-state index contributed by atoms with van der Waals surface area (Å²) in [5.41, 5.74) is 0. The van der Waals surface area contributed by atoms with E-state index in [0.29, 0.717) is 6.54 Å². The Bertz CT molecular complexity index is 197. The first-order valence-corrected chi connectivity index (χ1v) is 8.62. The highest BCUT2D eigenvalue weighted by Gasteiger charge is 2.12. The highest BCUT2D eigenvalue weighted by molar-refractivity contribution is 6.44. The van der Waals surface area contributed by atoms with Crippen LogP contribution < -0.4 is 5.32 Å². The zero-order valence-corrected chi connectivity index (χ0v) is 12.8. The Morgan fingerprint density at radius 3 is 2.28 bits per heavy atom. The summed E-state index contributed by atoms with van der Waals surface area (Å²) >= 11 is 0. The van der Waals surface area contributed by atoms with E-state index in [0.717, 1.165) is 45.1 Å². The zero-order chi connectivity index (χ0) is 13.6. The van der Waals surface area contributed by atoms with Gasteiger partial charge in [-0.2, -0.15) is 0 Å². The molecule has 0 unspecified atom stereocenters. The van der Waals surface area contributed by atoms with Crippen molar-refractivity contribution in [3.8, 4) is 0 Å². The average Bonchev–Trinajstić information content (AvgIpc) is 2.35. The summed E-state index contributed by atoms with van der Waals surface area (Å²) in [6.45, 7) is 7.13. The van der Waals surface area contributed by atoms with Crippen molar-refractivity contribution in [3.63, 3.8) is 0 Å². The maximum Gasteiger partial charge on any atom is 0.321 e. The van der Waals surface area contributed by atoms with E-state index in [4.69, 9.17) is 14.0 Å². The summed E-state index contributed by atoms with van der Waals surface area (Å²) in [4.78, 5) is 10.3. The summed E-state index contributed by atoms with van der Waals surface area (Å²) < 4.78 is 11.5. The molecule has 0 aromatic carbocycles. The van der Waals surface area contributed by atoms with Crippen LogP contribution in [0.3, 0.4) is 0 Å². The van der Waals surface area contributed by atoms with Gasteiger partial charge >= 0.3 is 15.3 Å². The molecule has 18 heavy (non-hydrogen) atoms. The van der Waals surface area contributed by atoms with Crippen LogP contribution in [0.4, 0.5) is 0 Å². The molecule has 0 spiro atoms. The van der Waals surface area contributed by atoms with Crippen molar-refractivity contribution in [3.05, 3.63) is 0 Å². The molecule has 0 saturated heterocycles. The predicted molar refractivity (Wildman–Crippen MR) is 74.2 cm³/mol. The lowest BCUT2D eigenvalue weighted by Gasteiger charge is -2.16. The molecule has 0 aliphatic heterocycles. The van der Waals surface area contributed by atoms with Gasteiger partial charge in [-0.15, -0.1) is 0 Å². The van der Waals surface area contributed by atoms with E-state index in [1.807, 2.05) is 0 Å². The monoisotopic (exact) mass is 277 g/mol. The van der Waals surface area contributed by atoms with Gasteiger partial charge in [0.25, 0.3) is 0 Å². The number of carboxylic acid groups (broad SMARTS) is 1. The van der Waals surface area contributed by atoms with Crippen LogP contribution in [0.15, 0.2) is 0 Å². The van der Waals surface area contributed by atoms with Crippen LogP contribution in [0.1, 0.15) is 39.5 Å². The molecule has 0 aliphatic rings. The second kappa shape index (κ2) is 13.0. The molecule has 2 N–H and O–H groups in total. The van der Waals surface area contributed by atoms with Crippen LogP contribution >= 0.6 is 0 Å². The molecular formula is C12H27NO4Si. The van der Waals surface area contributed by atoms with Crippen molar-refractivity contribution in [2.75, 3.05) is 26.3 Å². The molecule has 108 valence electrons. The maximum atomic E-state index is 10.3. The van der Waals surface area contributed by atoms with Gasteiger partial charge in [-0.05, 0) is 31.9 Å². The zero-order valence-electron chi connectivity index (χ0n) is 11.6. The first kappa shape index (κ1) is 17.6. The van der Waals surface area contributed by atoms with Gasteiger partial charge in [0.15, 0.2) is 0 Å². The van der Waals surface area contributed by atoms with Crippen LogP contribution in [-0.2, 0) is 13.6 Å². The van der Waals surface area contributed by atoms with Crippen LogP contribution in [0.5, 0.6) is 0 Å².